The normalized spacial score (nSPS) is 12.5. The Morgan fingerprint density at radius 3 is 2.82 bits per heavy atom. The molecule has 1 aromatic carbocycles. The summed E-state index contributed by atoms with van der Waals surface area (Å²) in [4.78, 5) is 0. The number of rotatable bonds is 7. The molecule has 1 unspecified atom stereocenters. The molecule has 0 aliphatic rings. The van der Waals surface area contributed by atoms with E-state index in [1.165, 1.54) is 11.1 Å². The lowest BCUT2D eigenvalue weighted by Gasteiger charge is -2.11. The van der Waals surface area contributed by atoms with Gasteiger partial charge in [-0.15, -0.1) is 0 Å². The highest BCUT2D eigenvalue weighted by molar-refractivity contribution is 7.99. The van der Waals surface area contributed by atoms with Crippen LogP contribution in [0.2, 0.25) is 0 Å². The van der Waals surface area contributed by atoms with Crippen LogP contribution in [-0.2, 0) is 0 Å². The Bertz CT molecular complexity index is 339. The maximum absolute atomic E-state index is 8.88. The molecule has 1 rings (SSSR count). The van der Waals surface area contributed by atoms with Gasteiger partial charge in [0.1, 0.15) is 5.75 Å². The van der Waals surface area contributed by atoms with Crippen LogP contribution in [0.15, 0.2) is 18.2 Å². The Morgan fingerprint density at radius 1 is 1.35 bits per heavy atom. The average molecular weight is 254 g/mol. The number of benzene rings is 1. The van der Waals surface area contributed by atoms with Crippen molar-refractivity contribution in [2.45, 2.75) is 32.4 Å². The summed E-state index contributed by atoms with van der Waals surface area (Å²) in [5.41, 5.74) is 2.42. The number of aryl methyl sites for hydroxylation is 2. The van der Waals surface area contributed by atoms with E-state index in [0.29, 0.717) is 5.25 Å². The molecule has 1 aromatic rings. The quantitative estimate of drug-likeness (QED) is 0.758. The molecular formula is C14H22O2S. The van der Waals surface area contributed by atoms with Crippen LogP contribution in [0.25, 0.3) is 0 Å². The molecule has 0 heterocycles. The van der Waals surface area contributed by atoms with Crippen molar-refractivity contribution in [3.63, 3.8) is 0 Å². The fourth-order valence-electron chi connectivity index (χ4n) is 1.44. The van der Waals surface area contributed by atoms with E-state index < -0.39 is 0 Å². The SMILES string of the molecule is Cc1ccc(C)c(OCCCSC(C)CO)c1. The Balaban J connectivity index is 2.24. The van der Waals surface area contributed by atoms with E-state index in [-0.39, 0.29) is 6.61 Å². The van der Waals surface area contributed by atoms with Gasteiger partial charge in [-0.25, -0.2) is 0 Å². The van der Waals surface area contributed by atoms with Gasteiger partial charge in [0.15, 0.2) is 0 Å². The van der Waals surface area contributed by atoms with Crippen molar-refractivity contribution in [3.8, 4) is 5.75 Å². The van der Waals surface area contributed by atoms with E-state index in [0.717, 1.165) is 24.5 Å². The second kappa shape index (κ2) is 7.62. The van der Waals surface area contributed by atoms with E-state index in [1.807, 2.05) is 6.92 Å². The summed E-state index contributed by atoms with van der Waals surface area (Å²) in [6.07, 6.45) is 1.02. The summed E-state index contributed by atoms with van der Waals surface area (Å²) in [6.45, 7) is 7.18. The summed E-state index contributed by atoms with van der Waals surface area (Å²) >= 11 is 1.79. The fraction of sp³-hybridized carbons (Fsp3) is 0.571. The number of ether oxygens (including phenoxy) is 1. The Morgan fingerprint density at radius 2 is 2.12 bits per heavy atom. The van der Waals surface area contributed by atoms with Crippen LogP contribution in [-0.4, -0.2) is 29.3 Å². The van der Waals surface area contributed by atoms with Crippen LogP contribution < -0.4 is 4.74 Å². The molecule has 0 radical (unpaired) electrons. The summed E-state index contributed by atoms with van der Waals surface area (Å²) < 4.78 is 5.76. The van der Waals surface area contributed by atoms with Gasteiger partial charge in [0, 0.05) is 5.25 Å². The van der Waals surface area contributed by atoms with Gasteiger partial charge in [-0.05, 0) is 43.2 Å². The highest BCUT2D eigenvalue weighted by Gasteiger charge is 2.01. The molecule has 1 N–H and O–H groups in total. The van der Waals surface area contributed by atoms with E-state index in [9.17, 15) is 0 Å². The van der Waals surface area contributed by atoms with E-state index in [1.54, 1.807) is 11.8 Å². The van der Waals surface area contributed by atoms with Crippen LogP contribution in [0.4, 0.5) is 0 Å². The van der Waals surface area contributed by atoms with Crippen LogP contribution in [0.3, 0.4) is 0 Å². The smallest absolute Gasteiger partial charge is 0.122 e. The maximum atomic E-state index is 8.88. The molecule has 3 heteroatoms. The second-order valence-corrected chi connectivity index (χ2v) is 5.88. The highest BCUT2D eigenvalue weighted by Crippen LogP contribution is 2.19. The van der Waals surface area contributed by atoms with Crippen molar-refractivity contribution in [2.24, 2.45) is 0 Å². The Kier molecular flexibility index (Phi) is 6.45. The number of aliphatic hydroxyl groups excluding tert-OH is 1. The molecule has 1 atom stereocenters. The number of hydrogen-bond acceptors (Lipinski definition) is 3. The van der Waals surface area contributed by atoms with E-state index >= 15 is 0 Å². The van der Waals surface area contributed by atoms with Gasteiger partial charge >= 0.3 is 0 Å². The van der Waals surface area contributed by atoms with Gasteiger partial charge in [0.05, 0.1) is 13.2 Å². The summed E-state index contributed by atoms with van der Waals surface area (Å²) in [5, 5.41) is 9.21. The van der Waals surface area contributed by atoms with E-state index in [2.05, 4.69) is 32.0 Å². The average Bonchev–Trinajstić information content (AvgIpc) is 2.32. The Labute approximate surface area is 108 Å². The molecule has 0 aliphatic heterocycles. The van der Waals surface area contributed by atoms with Gasteiger partial charge in [0.2, 0.25) is 0 Å². The highest BCUT2D eigenvalue weighted by atomic mass is 32.2. The summed E-state index contributed by atoms with van der Waals surface area (Å²) in [5.74, 6) is 2.03. The molecule has 0 fully saturated rings. The standard InChI is InChI=1S/C14H22O2S/c1-11-5-6-12(2)14(9-11)16-7-4-8-17-13(3)10-15/h5-6,9,13,15H,4,7-8,10H2,1-3H3. The van der Waals surface area contributed by atoms with Gasteiger partial charge in [-0.2, -0.15) is 11.8 Å². The van der Waals surface area contributed by atoms with Gasteiger partial charge in [-0.3, -0.25) is 0 Å². The van der Waals surface area contributed by atoms with Crippen molar-refractivity contribution in [1.29, 1.82) is 0 Å². The first-order chi connectivity index (χ1) is 8.13. The molecule has 0 aliphatic carbocycles. The lowest BCUT2D eigenvalue weighted by molar-refractivity contribution is 0.299. The minimum absolute atomic E-state index is 0.252. The van der Waals surface area contributed by atoms with Crippen molar-refractivity contribution in [2.75, 3.05) is 19.0 Å². The Hall–Kier alpha value is -0.670. The first kappa shape index (κ1) is 14.4. The third-order valence-corrected chi connectivity index (χ3v) is 3.79. The predicted octanol–water partition coefficient (Wildman–Crippen LogP) is 3.19. The molecule has 0 amide bonds. The summed E-state index contributed by atoms with van der Waals surface area (Å²) in [7, 11) is 0. The zero-order chi connectivity index (χ0) is 12.7. The van der Waals surface area contributed by atoms with Crippen molar-refractivity contribution >= 4 is 11.8 Å². The number of thioether (sulfide) groups is 1. The monoisotopic (exact) mass is 254 g/mol. The minimum Gasteiger partial charge on any atom is -0.493 e. The van der Waals surface area contributed by atoms with Gasteiger partial charge < -0.3 is 9.84 Å². The first-order valence-corrected chi connectivity index (χ1v) is 7.11. The lowest BCUT2D eigenvalue weighted by atomic mass is 10.1. The third-order valence-electron chi connectivity index (χ3n) is 2.55. The maximum Gasteiger partial charge on any atom is 0.122 e. The first-order valence-electron chi connectivity index (χ1n) is 6.06. The molecule has 2 nitrogen and oxygen atoms in total. The topological polar surface area (TPSA) is 29.5 Å². The number of hydrogen-bond donors (Lipinski definition) is 1. The van der Waals surface area contributed by atoms with Crippen molar-refractivity contribution in [1.82, 2.24) is 0 Å². The zero-order valence-corrected chi connectivity index (χ0v) is 11.7. The molecule has 17 heavy (non-hydrogen) atoms. The lowest BCUT2D eigenvalue weighted by Crippen LogP contribution is -2.05. The summed E-state index contributed by atoms with van der Waals surface area (Å²) in [6, 6.07) is 6.27. The molecule has 0 saturated heterocycles. The van der Waals surface area contributed by atoms with Crippen LogP contribution in [0.5, 0.6) is 5.75 Å². The van der Waals surface area contributed by atoms with Gasteiger partial charge in [-0.1, -0.05) is 19.1 Å². The molecule has 0 spiro atoms. The van der Waals surface area contributed by atoms with Crippen molar-refractivity contribution < 1.29 is 9.84 Å². The van der Waals surface area contributed by atoms with Crippen molar-refractivity contribution in [3.05, 3.63) is 29.3 Å². The van der Waals surface area contributed by atoms with Crippen LogP contribution in [0, 0.1) is 13.8 Å². The predicted molar refractivity (Wildman–Crippen MR) is 75.0 cm³/mol. The second-order valence-electron chi connectivity index (χ2n) is 4.33. The molecule has 0 saturated carbocycles. The molecule has 96 valence electrons. The number of aliphatic hydroxyl groups is 1. The third kappa shape index (κ3) is 5.46. The van der Waals surface area contributed by atoms with Gasteiger partial charge in [0.25, 0.3) is 0 Å². The molecular weight excluding hydrogens is 232 g/mol. The van der Waals surface area contributed by atoms with E-state index in [4.69, 9.17) is 9.84 Å². The zero-order valence-electron chi connectivity index (χ0n) is 10.9. The molecule has 0 bridgehead atoms. The van der Waals surface area contributed by atoms with Crippen LogP contribution in [0.1, 0.15) is 24.5 Å². The fourth-order valence-corrected chi connectivity index (χ4v) is 2.23. The van der Waals surface area contributed by atoms with Crippen LogP contribution >= 0.6 is 11.8 Å². The molecule has 0 aromatic heterocycles. The minimum atomic E-state index is 0.252. The largest absolute Gasteiger partial charge is 0.493 e.